The second-order valence-electron chi connectivity index (χ2n) is 4.14. The largest absolute Gasteiger partial charge is 0.478 e. The molecule has 0 aromatic carbocycles. The Morgan fingerprint density at radius 3 is 2.89 bits per heavy atom. The summed E-state index contributed by atoms with van der Waals surface area (Å²) < 4.78 is 5.08. The third kappa shape index (κ3) is 3.43. The van der Waals surface area contributed by atoms with Crippen LogP contribution in [0, 0.1) is 0 Å². The van der Waals surface area contributed by atoms with E-state index in [2.05, 4.69) is 18.8 Å². The Balaban J connectivity index is 3.07. The minimum absolute atomic E-state index is 0.238. The van der Waals surface area contributed by atoms with E-state index in [1.165, 1.54) is 12.3 Å². The molecule has 100 valence electrons. The lowest BCUT2D eigenvalue weighted by atomic mass is 10.1. The first-order valence-corrected chi connectivity index (χ1v) is 6.04. The molecule has 18 heavy (non-hydrogen) atoms. The lowest BCUT2D eigenvalue weighted by Crippen LogP contribution is -2.36. The average molecular weight is 252 g/mol. The third-order valence-electron chi connectivity index (χ3n) is 3.00. The van der Waals surface area contributed by atoms with E-state index in [9.17, 15) is 9.90 Å². The fourth-order valence-electron chi connectivity index (χ4n) is 1.78. The smallest absolute Gasteiger partial charge is 0.337 e. The van der Waals surface area contributed by atoms with E-state index in [1.807, 2.05) is 4.90 Å². The average Bonchev–Trinajstić information content (AvgIpc) is 2.39. The number of aromatic nitrogens is 1. The van der Waals surface area contributed by atoms with E-state index in [-0.39, 0.29) is 11.6 Å². The number of hydrogen-bond acceptors (Lipinski definition) is 4. The number of carboxylic acids is 1. The molecule has 0 spiro atoms. The Morgan fingerprint density at radius 2 is 2.33 bits per heavy atom. The summed E-state index contributed by atoms with van der Waals surface area (Å²) in [6.45, 7) is 5.34. The van der Waals surface area contributed by atoms with Crippen LogP contribution in [0.5, 0.6) is 0 Å². The zero-order valence-corrected chi connectivity index (χ0v) is 11.1. The van der Waals surface area contributed by atoms with Crippen molar-refractivity contribution in [1.82, 2.24) is 4.98 Å². The fraction of sp³-hybridized carbons (Fsp3) is 0.538. The van der Waals surface area contributed by atoms with E-state index < -0.39 is 5.97 Å². The number of ether oxygens (including phenoxy) is 1. The van der Waals surface area contributed by atoms with Crippen molar-refractivity contribution in [1.29, 1.82) is 0 Å². The number of aromatic carboxylic acids is 1. The molecule has 1 N–H and O–H groups in total. The highest BCUT2D eigenvalue weighted by molar-refractivity contribution is 5.94. The van der Waals surface area contributed by atoms with Crippen molar-refractivity contribution in [3.8, 4) is 0 Å². The Labute approximate surface area is 107 Å². The van der Waals surface area contributed by atoms with Crippen molar-refractivity contribution in [3.05, 3.63) is 24.0 Å². The Hall–Kier alpha value is -1.62. The minimum Gasteiger partial charge on any atom is -0.478 e. The van der Waals surface area contributed by atoms with Gasteiger partial charge in [0.2, 0.25) is 0 Å². The topological polar surface area (TPSA) is 62.7 Å². The lowest BCUT2D eigenvalue weighted by molar-refractivity contribution is 0.0697. The summed E-state index contributed by atoms with van der Waals surface area (Å²) in [5.74, 6) is -0.932. The molecule has 0 bridgehead atoms. The van der Waals surface area contributed by atoms with Crippen LogP contribution >= 0.6 is 0 Å². The summed E-state index contributed by atoms with van der Waals surface area (Å²) >= 11 is 0. The van der Waals surface area contributed by atoms with E-state index >= 15 is 0 Å². The van der Waals surface area contributed by atoms with Gasteiger partial charge in [-0.05, 0) is 19.4 Å². The highest BCUT2D eigenvalue weighted by Gasteiger charge is 2.19. The predicted octanol–water partition coefficient (Wildman–Crippen LogP) is 2.03. The molecule has 0 saturated heterocycles. The highest BCUT2D eigenvalue weighted by atomic mass is 16.5. The van der Waals surface area contributed by atoms with Crippen LogP contribution in [0.2, 0.25) is 0 Å². The zero-order valence-electron chi connectivity index (χ0n) is 11.1. The van der Waals surface area contributed by atoms with Crippen molar-refractivity contribution in [2.45, 2.75) is 26.3 Å². The van der Waals surface area contributed by atoms with E-state index in [4.69, 9.17) is 4.74 Å². The summed E-state index contributed by atoms with van der Waals surface area (Å²) in [4.78, 5) is 17.3. The van der Waals surface area contributed by atoms with Crippen LogP contribution in [0.4, 0.5) is 5.69 Å². The molecule has 1 unspecified atom stereocenters. The number of methoxy groups -OCH3 is 1. The summed E-state index contributed by atoms with van der Waals surface area (Å²) in [5.41, 5.74) is 0.929. The molecule has 1 heterocycles. The molecule has 0 saturated carbocycles. The van der Waals surface area contributed by atoms with Gasteiger partial charge in [0.15, 0.2) is 0 Å². The maximum Gasteiger partial charge on any atom is 0.337 e. The van der Waals surface area contributed by atoms with Crippen molar-refractivity contribution < 1.29 is 14.6 Å². The van der Waals surface area contributed by atoms with Crippen molar-refractivity contribution in [2.24, 2.45) is 0 Å². The number of nitrogens with zero attached hydrogens (tertiary/aromatic N) is 2. The second kappa shape index (κ2) is 6.96. The van der Waals surface area contributed by atoms with Gasteiger partial charge in [-0.25, -0.2) is 4.79 Å². The molecule has 1 rings (SSSR count). The fourth-order valence-corrected chi connectivity index (χ4v) is 1.78. The summed E-state index contributed by atoms with van der Waals surface area (Å²) in [7, 11) is 1.64. The minimum atomic E-state index is -0.932. The van der Waals surface area contributed by atoms with E-state index in [0.717, 1.165) is 6.42 Å². The van der Waals surface area contributed by atoms with Crippen LogP contribution in [0.15, 0.2) is 18.5 Å². The summed E-state index contributed by atoms with van der Waals surface area (Å²) in [6.07, 6.45) is 4.03. The van der Waals surface area contributed by atoms with E-state index in [1.54, 1.807) is 13.3 Å². The van der Waals surface area contributed by atoms with Gasteiger partial charge in [-0.3, -0.25) is 4.98 Å². The number of anilines is 1. The van der Waals surface area contributed by atoms with Gasteiger partial charge in [-0.1, -0.05) is 6.92 Å². The SMILES string of the molecule is CCC(C)N(CCOC)c1cnccc1C(=O)O. The molecule has 5 nitrogen and oxygen atoms in total. The van der Waals surface area contributed by atoms with Crippen molar-refractivity contribution in [2.75, 3.05) is 25.2 Å². The maximum absolute atomic E-state index is 11.2. The first kappa shape index (κ1) is 14.4. The highest BCUT2D eigenvalue weighted by Crippen LogP contribution is 2.22. The van der Waals surface area contributed by atoms with Gasteiger partial charge < -0.3 is 14.7 Å². The van der Waals surface area contributed by atoms with Crippen LogP contribution in [-0.2, 0) is 4.74 Å². The summed E-state index contributed by atoms with van der Waals surface area (Å²) in [6, 6.07) is 1.77. The van der Waals surface area contributed by atoms with Crippen molar-refractivity contribution in [3.63, 3.8) is 0 Å². The molecule has 0 amide bonds. The summed E-state index contributed by atoms with van der Waals surface area (Å²) in [5, 5.41) is 9.21. The van der Waals surface area contributed by atoms with E-state index in [0.29, 0.717) is 18.8 Å². The Morgan fingerprint density at radius 1 is 1.61 bits per heavy atom. The number of carbonyl (C=O) groups is 1. The van der Waals surface area contributed by atoms with Crippen LogP contribution in [-0.4, -0.2) is 42.4 Å². The van der Waals surface area contributed by atoms with Crippen LogP contribution in [0.3, 0.4) is 0 Å². The molecular formula is C13H20N2O3. The van der Waals surface area contributed by atoms with Gasteiger partial charge in [0.25, 0.3) is 0 Å². The Kier molecular flexibility index (Phi) is 5.58. The number of carboxylic acid groups (broad SMARTS) is 1. The second-order valence-corrected chi connectivity index (χ2v) is 4.14. The van der Waals surface area contributed by atoms with Gasteiger partial charge in [0, 0.05) is 25.9 Å². The normalized spacial score (nSPS) is 12.2. The van der Waals surface area contributed by atoms with Crippen LogP contribution in [0.25, 0.3) is 0 Å². The monoisotopic (exact) mass is 252 g/mol. The van der Waals surface area contributed by atoms with Crippen molar-refractivity contribution >= 4 is 11.7 Å². The predicted molar refractivity (Wildman–Crippen MR) is 70.2 cm³/mol. The zero-order chi connectivity index (χ0) is 13.5. The standard InChI is InChI=1S/C13H20N2O3/c1-4-10(2)15(7-8-18-3)12-9-14-6-5-11(12)13(16)17/h5-6,9-10H,4,7-8H2,1-3H3,(H,16,17). The molecule has 0 radical (unpaired) electrons. The maximum atomic E-state index is 11.2. The van der Waals surface area contributed by atoms with Gasteiger partial charge in [-0.2, -0.15) is 0 Å². The van der Waals surface area contributed by atoms with Crippen LogP contribution < -0.4 is 4.90 Å². The number of rotatable bonds is 7. The molecule has 0 fully saturated rings. The molecule has 1 atom stereocenters. The van der Waals surface area contributed by atoms with Gasteiger partial charge in [0.05, 0.1) is 24.1 Å². The molecule has 0 aliphatic carbocycles. The number of pyridine rings is 1. The lowest BCUT2D eigenvalue weighted by Gasteiger charge is -2.31. The number of hydrogen-bond donors (Lipinski definition) is 1. The van der Waals surface area contributed by atoms with Gasteiger partial charge in [-0.15, -0.1) is 0 Å². The van der Waals surface area contributed by atoms with Gasteiger partial charge >= 0.3 is 5.97 Å². The Bertz CT molecular complexity index is 396. The first-order valence-electron chi connectivity index (χ1n) is 6.04. The molecular weight excluding hydrogens is 232 g/mol. The third-order valence-corrected chi connectivity index (χ3v) is 3.00. The molecule has 1 aromatic rings. The molecule has 0 aliphatic rings. The van der Waals surface area contributed by atoms with Gasteiger partial charge in [0.1, 0.15) is 0 Å². The quantitative estimate of drug-likeness (QED) is 0.804. The molecule has 0 aliphatic heterocycles. The molecule has 1 aromatic heterocycles. The first-order chi connectivity index (χ1) is 8.61. The molecule has 5 heteroatoms. The van der Waals surface area contributed by atoms with Crippen LogP contribution in [0.1, 0.15) is 30.6 Å².